The van der Waals surface area contributed by atoms with E-state index in [9.17, 15) is 9.90 Å². The molecule has 152 valence electrons. The van der Waals surface area contributed by atoms with E-state index in [1.807, 2.05) is 6.92 Å². The van der Waals surface area contributed by atoms with Crippen LogP contribution in [0.25, 0.3) is 0 Å². The van der Waals surface area contributed by atoms with E-state index in [0.29, 0.717) is 6.61 Å². The number of fused-ring (bicyclic) bond motifs is 2. The standard InChI is InChI=1S/C20H34O5.H2O/c1-14(2)7-8-16(21)15(3)6-5-10-19(4)17-9-11-20(25-17,13-24-19)12-18(22)23;/h15-17,21H,1,5-13H2,2-4H3,(H,22,23);1H2. The predicted molar refractivity (Wildman–Crippen MR) is 100 cm³/mol. The summed E-state index contributed by atoms with van der Waals surface area (Å²) in [7, 11) is 0. The largest absolute Gasteiger partial charge is 0.481 e. The van der Waals surface area contributed by atoms with Crippen molar-refractivity contribution < 1.29 is 30.0 Å². The van der Waals surface area contributed by atoms with Crippen molar-refractivity contribution in [3.8, 4) is 0 Å². The third kappa shape index (κ3) is 5.78. The molecule has 2 bridgehead atoms. The first-order valence-corrected chi connectivity index (χ1v) is 9.52. The summed E-state index contributed by atoms with van der Waals surface area (Å²) in [6, 6.07) is 0. The van der Waals surface area contributed by atoms with E-state index in [1.165, 1.54) is 0 Å². The van der Waals surface area contributed by atoms with Crippen molar-refractivity contribution in [3.63, 3.8) is 0 Å². The highest BCUT2D eigenvalue weighted by molar-refractivity contribution is 5.68. The molecule has 0 aromatic heterocycles. The van der Waals surface area contributed by atoms with Crippen molar-refractivity contribution in [2.45, 2.75) is 95.5 Å². The second kappa shape index (κ2) is 9.31. The minimum atomic E-state index is -0.828. The summed E-state index contributed by atoms with van der Waals surface area (Å²) in [4.78, 5) is 11.1. The van der Waals surface area contributed by atoms with Gasteiger partial charge < -0.3 is 25.2 Å². The van der Waals surface area contributed by atoms with Gasteiger partial charge in [-0.15, -0.1) is 6.58 Å². The van der Waals surface area contributed by atoms with E-state index in [1.54, 1.807) is 0 Å². The zero-order chi connectivity index (χ0) is 18.7. The second-order valence-electron chi connectivity index (χ2n) is 8.43. The molecule has 4 N–H and O–H groups in total. The zero-order valence-electron chi connectivity index (χ0n) is 16.4. The van der Waals surface area contributed by atoms with Crippen LogP contribution in [-0.2, 0) is 14.3 Å². The molecule has 5 unspecified atom stereocenters. The highest BCUT2D eigenvalue weighted by Gasteiger charge is 2.54. The molecule has 0 aromatic rings. The molecule has 0 amide bonds. The molecule has 0 radical (unpaired) electrons. The van der Waals surface area contributed by atoms with Gasteiger partial charge in [0, 0.05) is 0 Å². The van der Waals surface area contributed by atoms with Gasteiger partial charge in [0.25, 0.3) is 0 Å². The van der Waals surface area contributed by atoms with Crippen molar-refractivity contribution in [1.82, 2.24) is 0 Å². The fourth-order valence-electron chi connectivity index (χ4n) is 4.08. The quantitative estimate of drug-likeness (QED) is 0.573. The van der Waals surface area contributed by atoms with Gasteiger partial charge in [-0.2, -0.15) is 0 Å². The molecule has 5 atom stereocenters. The first kappa shape index (κ1) is 23.1. The lowest BCUT2D eigenvalue weighted by atomic mass is 9.87. The molecule has 6 heteroatoms. The van der Waals surface area contributed by atoms with Gasteiger partial charge in [-0.3, -0.25) is 4.79 Å². The van der Waals surface area contributed by atoms with Crippen LogP contribution in [0.5, 0.6) is 0 Å². The average molecular weight is 373 g/mol. The Kier molecular flexibility index (Phi) is 8.27. The van der Waals surface area contributed by atoms with E-state index in [-0.39, 0.29) is 35.6 Å². The minimum Gasteiger partial charge on any atom is -0.481 e. The summed E-state index contributed by atoms with van der Waals surface area (Å²) in [5.74, 6) is -0.576. The molecular formula is C20H36O6. The van der Waals surface area contributed by atoms with Gasteiger partial charge in [-0.1, -0.05) is 18.9 Å². The van der Waals surface area contributed by atoms with Gasteiger partial charge in [-0.05, 0) is 58.3 Å². The normalized spacial score (nSPS) is 32.5. The Labute approximate surface area is 156 Å². The number of aliphatic carboxylic acids is 1. The van der Waals surface area contributed by atoms with Crippen molar-refractivity contribution >= 4 is 5.97 Å². The molecule has 2 saturated heterocycles. The number of rotatable bonds is 10. The summed E-state index contributed by atoms with van der Waals surface area (Å²) in [5.41, 5.74) is 0.140. The molecule has 2 aliphatic heterocycles. The highest BCUT2D eigenvalue weighted by atomic mass is 16.6. The van der Waals surface area contributed by atoms with E-state index in [4.69, 9.17) is 14.6 Å². The Morgan fingerprint density at radius 1 is 1.38 bits per heavy atom. The fraction of sp³-hybridized carbons (Fsp3) is 0.850. The Bertz CT molecular complexity index is 493. The van der Waals surface area contributed by atoms with Gasteiger partial charge in [0.05, 0.1) is 30.8 Å². The topological polar surface area (TPSA) is 107 Å². The van der Waals surface area contributed by atoms with Gasteiger partial charge in [0.15, 0.2) is 0 Å². The Balaban J connectivity index is 0.00000338. The lowest BCUT2D eigenvalue weighted by molar-refractivity contribution is -0.242. The van der Waals surface area contributed by atoms with Crippen molar-refractivity contribution in [2.75, 3.05) is 6.61 Å². The molecule has 0 spiro atoms. The van der Waals surface area contributed by atoms with Crippen LogP contribution in [0.15, 0.2) is 12.2 Å². The molecule has 0 saturated carbocycles. The molecule has 0 aromatic carbocycles. The maximum absolute atomic E-state index is 11.1. The van der Waals surface area contributed by atoms with Crippen LogP contribution in [-0.4, -0.2) is 51.7 Å². The third-order valence-corrected chi connectivity index (χ3v) is 5.93. The van der Waals surface area contributed by atoms with Crippen molar-refractivity contribution in [2.24, 2.45) is 5.92 Å². The fourth-order valence-corrected chi connectivity index (χ4v) is 4.08. The SMILES string of the molecule is C=C(C)CCC(O)C(C)CCCC1(C)OCC2(CC(=O)O)CCC1O2.O. The number of carbonyl (C=O) groups is 1. The Morgan fingerprint density at radius 2 is 2.08 bits per heavy atom. The van der Waals surface area contributed by atoms with Gasteiger partial charge >= 0.3 is 5.97 Å². The minimum absolute atomic E-state index is 0. The molecule has 2 heterocycles. The molecule has 2 fully saturated rings. The Hall–Kier alpha value is -0.950. The summed E-state index contributed by atoms with van der Waals surface area (Å²) in [5, 5.41) is 19.3. The van der Waals surface area contributed by atoms with E-state index in [2.05, 4.69) is 20.4 Å². The van der Waals surface area contributed by atoms with Crippen molar-refractivity contribution in [1.29, 1.82) is 0 Å². The van der Waals surface area contributed by atoms with E-state index in [0.717, 1.165) is 50.5 Å². The number of hydrogen-bond acceptors (Lipinski definition) is 4. The number of hydrogen-bond donors (Lipinski definition) is 2. The van der Waals surface area contributed by atoms with E-state index < -0.39 is 11.6 Å². The van der Waals surface area contributed by atoms with Crippen LogP contribution >= 0.6 is 0 Å². The van der Waals surface area contributed by atoms with Gasteiger partial charge in [0.1, 0.15) is 5.60 Å². The predicted octanol–water partition coefficient (Wildman–Crippen LogP) is 2.87. The molecule has 26 heavy (non-hydrogen) atoms. The maximum Gasteiger partial charge on any atom is 0.306 e. The van der Waals surface area contributed by atoms with Gasteiger partial charge in [-0.25, -0.2) is 0 Å². The zero-order valence-corrected chi connectivity index (χ0v) is 16.4. The highest BCUT2D eigenvalue weighted by Crippen LogP contribution is 2.46. The first-order chi connectivity index (χ1) is 11.7. The maximum atomic E-state index is 11.1. The van der Waals surface area contributed by atoms with Crippen LogP contribution < -0.4 is 0 Å². The first-order valence-electron chi connectivity index (χ1n) is 9.52. The number of carboxylic acids is 1. The van der Waals surface area contributed by atoms with Gasteiger partial charge in [0.2, 0.25) is 0 Å². The number of aliphatic hydroxyl groups excluding tert-OH is 1. The average Bonchev–Trinajstić information content (AvgIpc) is 2.89. The number of ether oxygens (including phenoxy) is 2. The van der Waals surface area contributed by atoms with Crippen LogP contribution in [0.4, 0.5) is 0 Å². The Morgan fingerprint density at radius 3 is 2.69 bits per heavy atom. The second-order valence-corrected chi connectivity index (χ2v) is 8.43. The summed E-state index contributed by atoms with van der Waals surface area (Å²) in [6.07, 6.45) is 5.76. The summed E-state index contributed by atoms with van der Waals surface area (Å²) >= 11 is 0. The van der Waals surface area contributed by atoms with Crippen LogP contribution in [0.3, 0.4) is 0 Å². The van der Waals surface area contributed by atoms with Crippen LogP contribution in [0.2, 0.25) is 0 Å². The molecule has 0 aliphatic carbocycles. The smallest absolute Gasteiger partial charge is 0.306 e. The van der Waals surface area contributed by atoms with Crippen LogP contribution in [0, 0.1) is 5.92 Å². The molecule has 2 rings (SSSR count). The lowest BCUT2D eigenvalue weighted by Gasteiger charge is -2.44. The monoisotopic (exact) mass is 372 g/mol. The van der Waals surface area contributed by atoms with E-state index >= 15 is 0 Å². The summed E-state index contributed by atoms with van der Waals surface area (Å²) < 4.78 is 12.2. The number of carboxylic acid groups (broad SMARTS) is 1. The summed E-state index contributed by atoms with van der Waals surface area (Å²) in [6.45, 7) is 10.4. The molecule has 6 nitrogen and oxygen atoms in total. The number of allylic oxidation sites excluding steroid dienone is 1. The molecule has 2 aliphatic rings. The third-order valence-electron chi connectivity index (χ3n) is 5.93. The molecular weight excluding hydrogens is 336 g/mol. The lowest BCUT2D eigenvalue weighted by Crippen LogP contribution is -2.53. The number of aliphatic hydroxyl groups is 1. The van der Waals surface area contributed by atoms with Crippen LogP contribution in [0.1, 0.15) is 72.1 Å². The van der Waals surface area contributed by atoms with Crippen molar-refractivity contribution in [3.05, 3.63) is 12.2 Å².